The molecule has 7 nitrogen and oxygen atoms in total. The molecule has 0 atom stereocenters. The van der Waals surface area contributed by atoms with Crippen molar-refractivity contribution in [2.24, 2.45) is 12.5 Å². The van der Waals surface area contributed by atoms with E-state index >= 15 is 0 Å². The van der Waals surface area contributed by atoms with Crippen LogP contribution in [0.15, 0.2) is 16.9 Å². The van der Waals surface area contributed by atoms with E-state index in [4.69, 9.17) is 0 Å². The second kappa shape index (κ2) is 6.31. The summed E-state index contributed by atoms with van der Waals surface area (Å²) in [6.45, 7) is 3.57. The molecule has 1 heterocycles. The molecule has 0 aliphatic carbocycles. The summed E-state index contributed by atoms with van der Waals surface area (Å²) in [4.78, 5) is 34.4. The summed E-state index contributed by atoms with van der Waals surface area (Å²) in [5.74, 6) is -1.43. The maximum atomic E-state index is 11.9. The number of nitrogens with zero attached hydrogens (tertiary/aromatic N) is 2. The molecule has 0 aromatic carbocycles. The summed E-state index contributed by atoms with van der Waals surface area (Å²) in [5.41, 5.74) is -1.21. The number of hydrogen-bond acceptors (Lipinski definition) is 4. The Bertz CT molecular complexity index is 561. The number of aromatic nitrogens is 2. The van der Waals surface area contributed by atoms with Gasteiger partial charge in [-0.15, -0.1) is 0 Å². The van der Waals surface area contributed by atoms with E-state index in [1.54, 1.807) is 13.8 Å². The number of aryl methyl sites for hydroxylation is 1. The summed E-state index contributed by atoms with van der Waals surface area (Å²) in [6, 6.07) is 2.56. The number of amides is 1. The van der Waals surface area contributed by atoms with Gasteiger partial charge < -0.3 is 10.4 Å². The summed E-state index contributed by atoms with van der Waals surface area (Å²) in [5, 5.41) is 15.7. The number of carboxylic acid groups (broad SMARTS) is 1. The first-order valence-electron chi connectivity index (χ1n) is 6.42. The van der Waals surface area contributed by atoms with Gasteiger partial charge in [0, 0.05) is 19.7 Å². The van der Waals surface area contributed by atoms with Crippen molar-refractivity contribution in [1.29, 1.82) is 0 Å². The van der Waals surface area contributed by atoms with Gasteiger partial charge in [0.2, 0.25) is 0 Å². The van der Waals surface area contributed by atoms with Crippen molar-refractivity contribution in [2.75, 3.05) is 6.54 Å². The summed E-state index contributed by atoms with van der Waals surface area (Å²) in [6.07, 6.45) is 0.833. The van der Waals surface area contributed by atoms with Gasteiger partial charge in [-0.05, 0) is 18.9 Å². The van der Waals surface area contributed by atoms with Crippen LogP contribution in [0, 0.1) is 5.41 Å². The van der Waals surface area contributed by atoms with Crippen molar-refractivity contribution in [3.63, 3.8) is 0 Å². The molecule has 0 aliphatic rings. The van der Waals surface area contributed by atoms with Crippen molar-refractivity contribution in [1.82, 2.24) is 15.1 Å². The minimum absolute atomic E-state index is 0.0265. The quantitative estimate of drug-likeness (QED) is 0.786. The molecule has 0 saturated heterocycles. The molecule has 0 aliphatic heterocycles. The summed E-state index contributed by atoms with van der Waals surface area (Å²) in [7, 11) is 1.44. The number of carboxylic acids is 1. The molecule has 0 bridgehead atoms. The van der Waals surface area contributed by atoms with E-state index < -0.39 is 17.3 Å². The second-order valence-electron chi connectivity index (χ2n) is 4.66. The SMILES string of the molecule is CCC(CC)(CNC(=O)c1ccc(=O)n(C)n1)C(=O)O. The average molecular weight is 281 g/mol. The largest absolute Gasteiger partial charge is 0.481 e. The molecule has 2 N–H and O–H groups in total. The first-order valence-corrected chi connectivity index (χ1v) is 6.42. The monoisotopic (exact) mass is 281 g/mol. The molecule has 20 heavy (non-hydrogen) atoms. The number of carbonyl (C=O) groups excluding carboxylic acids is 1. The van der Waals surface area contributed by atoms with Gasteiger partial charge in [0.15, 0.2) is 0 Å². The Balaban J connectivity index is 2.83. The lowest BCUT2D eigenvalue weighted by atomic mass is 9.82. The Labute approximate surface area is 116 Å². The van der Waals surface area contributed by atoms with Gasteiger partial charge in [0.05, 0.1) is 5.41 Å². The van der Waals surface area contributed by atoms with Crippen molar-refractivity contribution in [3.05, 3.63) is 28.2 Å². The first-order chi connectivity index (χ1) is 9.36. The van der Waals surface area contributed by atoms with E-state index in [2.05, 4.69) is 10.4 Å². The van der Waals surface area contributed by atoms with Crippen LogP contribution in [0.4, 0.5) is 0 Å². The lowest BCUT2D eigenvalue weighted by Gasteiger charge is -2.26. The highest BCUT2D eigenvalue weighted by atomic mass is 16.4. The fraction of sp³-hybridized carbons (Fsp3) is 0.538. The predicted octanol–water partition coefficient (Wildman–Crippen LogP) is 0.401. The van der Waals surface area contributed by atoms with E-state index in [-0.39, 0.29) is 17.8 Å². The van der Waals surface area contributed by atoms with Gasteiger partial charge in [-0.1, -0.05) is 13.8 Å². The van der Waals surface area contributed by atoms with E-state index in [1.165, 1.54) is 19.2 Å². The van der Waals surface area contributed by atoms with Crippen LogP contribution in [0.5, 0.6) is 0 Å². The molecule has 0 spiro atoms. The van der Waals surface area contributed by atoms with Gasteiger partial charge in [0.25, 0.3) is 11.5 Å². The van der Waals surface area contributed by atoms with Gasteiger partial charge in [-0.3, -0.25) is 14.4 Å². The minimum atomic E-state index is -0.976. The van der Waals surface area contributed by atoms with Crippen LogP contribution in [0.25, 0.3) is 0 Å². The van der Waals surface area contributed by atoms with Gasteiger partial charge in [0.1, 0.15) is 5.69 Å². The zero-order valence-electron chi connectivity index (χ0n) is 11.8. The molecular weight excluding hydrogens is 262 g/mol. The van der Waals surface area contributed by atoms with Crippen LogP contribution in [0.1, 0.15) is 37.2 Å². The van der Waals surface area contributed by atoms with E-state index in [0.29, 0.717) is 12.8 Å². The van der Waals surface area contributed by atoms with Gasteiger partial charge in [-0.2, -0.15) is 5.10 Å². The Morgan fingerprint density at radius 2 is 1.95 bits per heavy atom. The Morgan fingerprint density at radius 1 is 1.35 bits per heavy atom. The molecule has 0 saturated carbocycles. The molecule has 1 aromatic heterocycles. The molecule has 0 fully saturated rings. The van der Waals surface area contributed by atoms with Crippen molar-refractivity contribution in [3.8, 4) is 0 Å². The number of carbonyl (C=O) groups is 2. The third-order valence-electron chi connectivity index (χ3n) is 3.59. The zero-order valence-corrected chi connectivity index (χ0v) is 11.8. The standard InChI is InChI=1S/C13H19N3O4/c1-4-13(5-2,12(19)20)8-14-11(18)9-6-7-10(17)16(3)15-9/h6-7H,4-5,8H2,1-3H3,(H,14,18)(H,19,20). The Morgan fingerprint density at radius 3 is 2.40 bits per heavy atom. The maximum Gasteiger partial charge on any atom is 0.311 e. The first kappa shape index (κ1) is 15.9. The van der Waals surface area contributed by atoms with Crippen molar-refractivity contribution < 1.29 is 14.7 Å². The number of nitrogens with one attached hydrogen (secondary N) is 1. The topological polar surface area (TPSA) is 101 Å². The maximum absolute atomic E-state index is 11.9. The second-order valence-corrected chi connectivity index (χ2v) is 4.66. The molecule has 1 amide bonds. The normalized spacial score (nSPS) is 11.2. The lowest BCUT2D eigenvalue weighted by molar-refractivity contribution is -0.149. The van der Waals surface area contributed by atoms with Crippen LogP contribution >= 0.6 is 0 Å². The highest BCUT2D eigenvalue weighted by Gasteiger charge is 2.35. The molecule has 7 heteroatoms. The van der Waals surface area contributed by atoms with Crippen LogP contribution in [0.2, 0.25) is 0 Å². The lowest BCUT2D eigenvalue weighted by Crippen LogP contribution is -2.42. The van der Waals surface area contributed by atoms with E-state index in [0.717, 1.165) is 4.68 Å². The van der Waals surface area contributed by atoms with Crippen molar-refractivity contribution >= 4 is 11.9 Å². The summed E-state index contributed by atoms with van der Waals surface area (Å²) < 4.78 is 1.05. The molecule has 0 unspecified atom stereocenters. The molecule has 0 radical (unpaired) electrons. The predicted molar refractivity (Wildman–Crippen MR) is 72.5 cm³/mol. The van der Waals surface area contributed by atoms with Crippen LogP contribution in [-0.4, -0.2) is 33.3 Å². The van der Waals surface area contributed by atoms with Crippen LogP contribution in [-0.2, 0) is 11.8 Å². The number of rotatable bonds is 6. The van der Waals surface area contributed by atoms with Gasteiger partial charge >= 0.3 is 5.97 Å². The minimum Gasteiger partial charge on any atom is -0.481 e. The van der Waals surface area contributed by atoms with E-state index in [9.17, 15) is 19.5 Å². The fourth-order valence-electron chi connectivity index (χ4n) is 1.84. The van der Waals surface area contributed by atoms with Crippen LogP contribution < -0.4 is 10.9 Å². The smallest absolute Gasteiger partial charge is 0.311 e. The van der Waals surface area contributed by atoms with Gasteiger partial charge in [-0.25, -0.2) is 4.68 Å². The average Bonchev–Trinajstić information content (AvgIpc) is 2.43. The summed E-state index contributed by atoms with van der Waals surface area (Å²) >= 11 is 0. The fourth-order valence-corrected chi connectivity index (χ4v) is 1.84. The highest BCUT2D eigenvalue weighted by molar-refractivity contribution is 5.92. The third kappa shape index (κ3) is 3.23. The van der Waals surface area contributed by atoms with Crippen LogP contribution in [0.3, 0.4) is 0 Å². The number of hydrogen-bond donors (Lipinski definition) is 2. The molecule has 1 rings (SSSR count). The van der Waals surface area contributed by atoms with Crippen molar-refractivity contribution in [2.45, 2.75) is 26.7 Å². The zero-order chi connectivity index (χ0) is 15.3. The molecule has 110 valence electrons. The Hall–Kier alpha value is -2.18. The Kier molecular flexibility index (Phi) is 5.01. The van der Waals surface area contributed by atoms with E-state index in [1.807, 2.05) is 0 Å². The third-order valence-corrected chi connectivity index (χ3v) is 3.59. The number of aliphatic carboxylic acids is 1. The highest BCUT2D eigenvalue weighted by Crippen LogP contribution is 2.25. The molecule has 1 aromatic rings. The molecular formula is C13H19N3O4.